The first kappa shape index (κ1) is 14.7. The summed E-state index contributed by atoms with van der Waals surface area (Å²) < 4.78 is 0. The number of hydrogen-bond acceptors (Lipinski definition) is 3. The molecule has 0 bridgehead atoms. The number of thioether (sulfide) groups is 1. The molecular formula is C13H14Cl2N2OS. The molecule has 1 amide bonds. The number of halogens is 2. The third-order valence-electron chi connectivity index (χ3n) is 2.64. The number of hydrazone groups is 1. The average Bonchev–Trinajstić information content (AvgIpc) is 2.62. The van der Waals surface area contributed by atoms with Crippen LogP contribution in [-0.2, 0) is 4.79 Å². The number of rotatable bonds is 4. The standard InChI is InChI=1S/C13H14Cl2N2OS/c1-8-5-13(18)17(16-8)7-9(2)19-10-3-4-11(14)12(15)6-10/h3-4,6,9H,5,7H2,1-2H3. The van der Waals surface area contributed by atoms with E-state index in [4.69, 9.17) is 23.2 Å². The predicted molar refractivity (Wildman–Crippen MR) is 81.2 cm³/mol. The summed E-state index contributed by atoms with van der Waals surface area (Å²) in [6, 6.07) is 5.54. The van der Waals surface area contributed by atoms with Gasteiger partial charge in [0.2, 0.25) is 5.91 Å². The van der Waals surface area contributed by atoms with Gasteiger partial charge in [-0.05, 0) is 25.1 Å². The van der Waals surface area contributed by atoms with Crippen molar-refractivity contribution in [1.29, 1.82) is 0 Å². The summed E-state index contributed by atoms with van der Waals surface area (Å²) in [5.74, 6) is 0.0686. The maximum Gasteiger partial charge on any atom is 0.248 e. The molecule has 2 rings (SSSR count). The molecule has 0 saturated heterocycles. The molecule has 1 aromatic carbocycles. The van der Waals surface area contributed by atoms with Crippen LogP contribution in [0.3, 0.4) is 0 Å². The van der Waals surface area contributed by atoms with Crippen molar-refractivity contribution in [2.45, 2.75) is 30.4 Å². The number of nitrogens with zero attached hydrogens (tertiary/aromatic N) is 2. The Morgan fingerprint density at radius 3 is 2.74 bits per heavy atom. The fraction of sp³-hybridized carbons (Fsp3) is 0.385. The van der Waals surface area contributed by atoms with E-state index < -0.39 is 0 Å². The number of amides is 1. The molecule has 0 saturated carbocycles. The first-order valence-corrected chi connectivity index (χ1v) is 7.55. The molecule has 0 spiro atoms. The highest BCUT2D eigenvalue weighted by molar-refractivity contribution is 8.00. The van der Waals surface area contributed by atoms with Crippen molar-refractivity contribution in [1.82, 2.24) is 5.01 Å². The molecule has 1 atom stereocenters. The van der Waals surface area contributed by atoms with Crippen molar-refractivity contribution in [2.75, 3.05) is 6.54 Å². The largest absolute Gasteiger partial charge is 0.273 e. The van der Waals surface area contributed by atoms with Crippen LogP contribution in [0.1, 0.15) is 20.3 Å². The molecule has 0 aromatic heterocycles. The minimum Gasteiger partial charge on any atom is -0.273 e. The molecule has 1 unspecified atom stereocenters. The van der Waals surface area contributed by atoms with Crippen LogP contribution in [-0.4, -0.2) is 28.4 Å². The summed E-state index contributed by atoms with van der Waals surface area (Å²) in [6.07, 6.45) is 0.435. The lowest BCUT2D eigenvalue weighted by Gasteiger charge is -2.17. The van der Waals surface area contributed by atoms with E-state index in [1.165, 1.54) is 0 Å². The zero-order valence-corrected chi connectivity index (χ0v) is 13.0. The summed E-state index contributed by atoms with van der Waals surface area (Å²) in [7, 11) is 0. The Balaban J connectivity index is 1.96. The maximum atomic E-state index is 11.6. The zero-order valence-electron chi connectivity index (χ0n) is 10.7. The minimum atomic E-state index is 0.0686. The van der Waals surface area contributed by atoms with Gasteiger partial charge in [0.15, 0.2) is 0 Å². The second kappa shape index (κ2) is 6.16. The van der Waals surface area contributed by atoms with E-state index in [1.54, 1.807) is 22.8 Å². The Hall–Kier alpha value is -0.710. The first-order valence-electron chi connectivity index (χ1n) is 5.92. The van der Waals surface area contributed by atoms with Gasteiger partial charge in [0.1, 0.15) is 0 Å². The molecular weight excluding hydrogens is 303 g/mol. The average molecular weight is 317 g/mol. The third-order valence-corrected chi connectivity index (χ3v) is 4.46. The smallest absolute Gasteiger partial charge is 0.248 e. The molecule has 0 radical (unpaired) electrons. The second-order valence-electron chi connectivity index (χ2n) is 4.49. The van der Waals surface area contributed by atoms with Gasteiger partial charge in [-0.1, -0.05) is 30.1 Å². The molecule has 1 aliphatic heterocycles. The van der Waals surface area contributed by atoms with Crippen molar-refractivity contribution >= 4 is 46.6 Å². The predicted octanol–water partition coefficient (Wildman–Crippen LogP) is 4.08. The lowest BCUT2D eigenvalue weighted by atomic mass is 10.3. The minimum absolute atomic E-state index is 0.0686. The van der Waals surface area contributed by atoms with Gasteiger partial charge in [-0.25, -0.2) is 5.01 Å². The third kappa shape index (κ3) is 3.88. The Kier molecular flexibility index (Phi) is 4.76. The van der Waals surface area contributed by atoms with Crippen LogP contribution in [0.25, 0.3) is 0 Å². The quantitative estimate of drug-likeness (QED) is 0.784. The molecule has 1 aliphatic rings. The number of benzene rings is 1. The number of carbonyl (C=O) groups is 1. The van der Waals surface area contributed by atoms with Crippen LogP contribution < -0.4 is 0 Å². The van der Waals surface area contributed by atoms with Crippen molar-refractivity contribution in [3.05, 3.63) is 28.2 Å². The normalized spacial score (nSPS) is 16.7. The fourth-order valence-corrected chi connectivity index (χ4v) is 3.19. The molecule has 3 nitrogen and oxygen atoms in total. The molecule has 102 valence electrons. The van der Waals surface area contributed by atoms with E-state index in [2.05, 4.69) is 12.0 Å². The Labute approximate surface area is 126 Å². The van der Waals surface area contributed by atoms with Gasteiger partial charge in [0, 0.05) is 15.9 Å². The highest BCUT2D eigenvalue weighted by atomic mass is 35.5. The van der Waals surface area contributed by atoms with Crippen molar-refractivity contribution < 1.29 is 4.79 Å². The molecule has 0 N–H and O–H groups in total. The van der Waals surface area contributed by atoms with Gasteiger partial charge < -0.3 is 0 Å². The van der Waals surface area contributed by atoms with Crippen LogP contribution in [0, 0.1) is 0 Å². The Morgan fingerprint density at radius 2 is 2.16 bits per heavy atom. The van der Waals surface area contributed by atoms with Gasteiger partial charge in [-0.15, -0.1) is 11.8 Å². The monoisotopic (exact) mass is 316 g/mol. The molecule has 1 heterocycles. The summed E-state index contributed by atoms with van der Waals surface area (Å²) in [5.41, 5.74) is 0.872. The van der Waals surface area contributed by atoms with Crippen LogP contribution >= 0.6 is 35.0 Å². The molecule has 19 heavy (non-hydrogen) atoms. The lowest BCUT2D eigenvalue weighted by Crippen LogP contribution is -2.27. The van der Waals surface area contributed by atoms with Crippen molar-refractivity contribution in [3.8, 4) is 0 Å². The SMILES string of the molecule is CC1=NN(CC(C)Sc2ccc(Cl)c(Cl)c2)C(=O)C1. The highest BCUT2D eigenvalue weighted by Gasteiger charge is 2.23. The van der Waals surface area contributed by atoms with Gasteiger partial charge in [0.25, 0.3) is 0 Å². The zero-order chi connectivity index (χ0) is 14.0. The van der Waals surface area contributed by atoms with Crippen LogP contribution in [0.2, 0.25) is 10.0 Å². The highest BCUT2D eigenvalue weighted by Crippen LogP contribution is 2.30. The van der Waals surface area contributed by atoms with Gasteiger partial charge >= 0.3 is 0 Å². The second-order valence-corrected chi connectivity index (χ2v) is 6.82. The van der Waals surface area contributed by atoms with E-state index in [1.807, 2.05) is 19.1 Å². The Morgan fingerprint density at radius 1 is 1.42 bits per heavy atom. The summed E-state index contributed by atoms with van der Waals surface area (Å²) in [5, 5.41) is 7.10. The van der Waals surface area contributed by atoms with E-state index >= 15 is 0 Å². The summed E-state index contributed by atoms with van der Waals surface area (Å²) in [6.45, 7) is 4.53. The molecule has 0 aliphatic carbocycles. The van der Waals surface area contributed by atoms with E-state index in [9.17, 15) is 4.79 Å². The topological polar surface area (TPSA) is 32.7 Å². The van der Waals surface area contributed by atoms with Crippen molar-refractivity contribution in [2.24, 2.45) is 5.10 Å². The first-order chi connectivity index (χ1) is 8.95. The van der Waals surface area contributed by atoms with Crippen LogP contribution in [0.5, 0.6) is 0 Å². The van der Waals surface area contributed by atoms with Crippen LogP contribution in [0.4, 0.5) is 0 Å². The summed E-state index contributed by atoms with van der Waals surface area (Å²) in [4.78, 5) is 12.7. The number of carbonyl (C=O) groups excluding carboxylic acids is 1. The van der Waals surface area contributed by atoms with Gasteiger partial charge in [-0.3, -0.25) is 4.79 Å². The maximum absolute atomic E-state index is 11.6. The van der Waals surface area contributed by atoms with E-state index in [-0.39, 0.29) is 11.2 Å². The van der Waals surface area contributed by atoms with Crippen LogP contribution in [0.15, 0.2) is 28.2 Å². The fourth-order valence-electron chi connectivity index (χ4n) is 1.81. The molecule has 1 aromatic rings. The van der Waals surface area contributed by atoms with E-state index in [0.717, 1.165) is 10.6 Å². The number of hydrogen-bond donors (Lipinski definition) is 0. The van der Waals surface area contributed by atoms with Crippen molar-refractivity contribution in [3.63, 3.8) is 0 Å². The lowest BCUT2D eigenvalue weighted by molar-refractivity contribution is -0.128. The van der Waals surface area contributed by atoms with Gasteiger partial charge in [-0.2, -0.15) is 5.10 Å². The van der Waals surface area contributed by atoms with Gasteiger partial charge in [0.05, 0.1) is 23.0 Å². The summed E-state index contributed by atoms with van der Waals surface area (Å²) >= 11 is 13.5. The van der Waals surface area contributed by atoms with E-state index in [0.29, 0.717) is 23.0 Å². The Bertz CT molecular complexity index is 533. The molecule has 6 heteroatoms. The molecule has 0 fully saturated rings.